The Bertz CT molecular complexity index is 1050. The van der Waals surface area contributed by atoms with Crippen molar-refractivity contribution in [3.05, 3.63) is 64.8 Å². The molecule has 0 atom stereocenters. The van der Waals surface area contributed by atoms with Gasteiger partial charge in [-0.2, -0.15) is 5.26 Å². The van der Waals surface area contributed by atoms with Gasteiger partial charge < -0.3 is 10.1 Å². The van der Waals surface area contributed by atoms with Crippen LogP contribution in [0.4, 0.5) is 14.9 Å². The first-order valence-corrected chi connectivity index (χ1v) is 9.20. The fourth-order valence-corrected chi connectivity index (χ4v) is 3.34. The molecule has 0 spiro atoms. The second-order valence-electron chi connectivity index (χ2n) is 5.78. The molecule has 0 unspecified atom stereocenters. The number of anilines is 1. The van der Waals surface area contributed by atoms with Crippen molar-refractivity contribution < 1.29 is 23.5 Å². The number of nitrogens with zero attached hydrogens (tertiary/aromatic N) is 2. The minimum absolute atomic E-state index is 0.0383. The van der Waals surface area contributed by atoms with E-state index in [1.165, 1.54) is 24.3 Å². The lowest BCUT2D eigenvalue weighted by atomic mass is 10.2. The van der Waals surface area contributed by atoms with Crippen LogP contribution < -0.4 is 10.1 Å². The number of para-hydroxylation sites is 2. The number of carbonyl (C=O) groups is 3. The molecule has 1 saturated heterocycles. The van der Waals surface area contributed by atoms with Gasteiger partial charge in [-0.15, -0.1) is 0 Å². The summed E-state index contributed by atoms with van der Waals surface area (Å²) in [6.45, 7) is -0.703. The number of rotatable bonds is 6. The summed E-state index contributed by atoms with van der Waals surface area (Å²) in [6.07, 6.45) is 1.46. The molecule has 0 aromatic heterocycles. The Morgan fingerprint density at radius 3 is 2.69 bits per heavy atom. The number of benzene rings is 2. The molecule has 29 heavy (non-hydrogen) atoms. The monoisotopic (exact) mass is 411 g/mol. The van der Waals surface area contributed by atoms with Gasteiger partial charge in [-0.25, -0.2) is 4.39 Å². The predicted molar refractivity (Wildman–Crippen MR) is 105 cm³/mol. The number of ether oxygens (including phenoxy) is 1. The zero-order valence-corrected chi connectivity index (χ0v) is 15.7. The molecule has 9 heteroatoms. The number of hydrogen-bond acceptors (Lipinski definition) is 6. The van der Waals surface area contributed by atoms with Crippen molar-refractivity contribution in [3.63, 3.8) is 0 Å². The molecule has 0 saturated carbocycles. The maximum atomic E-state index is 13.6. The van der Waals surface area contributed by atoms with E-state index in [0.717, 1.165) is 4.90 Å². The van der Waals surface area contributed by atoms with E-state index < -0.39 is 29.4 Å². The van der Waals surface area contributed by atoms with E-state index in [1.54, 1.807) is 30.3 Å². The molecular formula is C20H14FN3O4S. The van der Waals surface area contributed by atoms with Crippen molar-refractivity contribution in [1.29, 1.82) is 5.26 Å². The highest BCUT2D eigenvalue weighted by atomic mass is 32.2. The summed E-state index contributed by atoms with van der Waals surface area (Å²) in [4.78, 5) is 37.8. The lowest BCUT2D eigenvalue weighted by molar-refractivity contribution is -0.127. The smallest absolute Gasteiger partial charge is 0.294 e. The van der Waals surface area contributed by atoms with Crippen LogP contribution in [0.1, 0.15) is 5.56 Å². The van der Waals surface area contributed by atoms with Crippen molar-refractivity contribution in [2.45, 2.75) is 0 Å². The molecule has 0 aliphatic carbocycles. The number of imide groups is 1. The number of carbonyl (C=O) groups excluding carboxylic acids is 3. The number of hydrogen-bond donors (Lipinski definition) is 1. The molecular weight excluding hydrogens is 397 g/mol. The summed E-state index contributed by atoms with van der Waals surface area (Å²) in [5.41, 5.74) is 0.479. The zero-order valence-electron chi connectivity index (χ0n) is 14.9. The van der Waals surface area contributed by atoms with Gasteiger partial charge in [-0.3, -0.25) is 19.3 Å². The fraction of sp³-hybridized carbons (Fsp3) is 0.100. The van der Waals surface area contributed by atoms with Crippen molar-refractivity contribution in [1.82, 2.24) is 4.90 Å². The summed E-state index contributed by atoms with van der Waals surface area (Å²) in [6, 6.07) is 14.2. The normalized spacial score (nSPS) is 14.8. The highest BCUT2D eigenvalue weighted by Gasteiger charge is 2.36. The van der Waals surface area contributed by atoms with Gasteiger partial charge in [0.05, 0.1) is 10.6 Å². The lowest BCUT2D eigenvalue weighted by Gasteiger charge is -2.12. The Balaban J connectivity index is 1.73. The van der Waals surface area contributed by atoms with E-state index in [0.29, 0.717) is 23.1 Å². The van der Waals surface area contributed by atoms with Gasteiger partial charge in [0.15, 0.2) is 6.61 Å². The van der Waals surface area contributed by atoms with Crippen LogP contribution in [0, 0.1) is 17.1 Å². The second-order valence-corrected chi connectivity index (χ2v) is 6.77. The molecule has 2 aromatic rings. The second kappa shape index (κ2) is 9.03. The first kappa shape index (κ1) is 20.1. The lowest BCUT2D eigenvalue weighted by Crippen LogP contribution is -2.36. The molecule has 146 valence electrons. The van der Waals surface area contributed by atoms with Crippen LogP contribution in [0.25, 0.3) is 6.08 Å². The molecule has 1 aliphatic rings. The summed E-state index contributed by atoms with van der Waals surface area (Å²) in [5.74, 6) is -1.57. The van der Waals surface area contributed by atoms with Crippen molar-refractivity contribution >= 4 is 40.6 Å². The molecule has 0 radical (unpaired) electrons. The van der Waals surface area contributed by atoms with E-state index in [2.05, 4.69) is 5.32 Å². The molecule has 0 bridgehead atoms. The van der Waals surface area contributed by atoms with E-state index in [9.17, 15) is 18.8 Å². The minimum Gasteiger partial charge on any atom is -0.478 e. The number of nitriles is 1. The van der Waals surface area contributed by atoms with Crippen LogP contribution in [0.15, 0.2) is 53.4 Å². The van der Waals surface area contributed by atoms with E-state index in [1.807, 2.05) is 6.07 Å². The van der Waals surface area contributed by atoms with Crippen molar-refractivity contribution in [3.8, 4) is 11.8 Å². The quantitative estimate of drug-likeness (QED) is 0.732. The van der Waals surface area contributed by atoms with Crippen LogP contribution in [0.2, 0.25) is 0 Å². The topological polar surface area (TPSA) is 99.5 Å². The Morgan fingerprint density at radius 1 is 1.21 bits per heavy atom. The highest BCUT2D eigenvalue weighted by molar-refractivity contribution is 8.18. The summed E-state index contributed by atoms with van der Waals surface area (Å²) < 4.78 is 18.9. The van der Waals surface area contributed by atoms with Crippen molar-refractivity contribution in [2.75, 3.05) is 18.5 Å². The molecule has 1 fully saturated rings. The van der Waals surface area contributed by atoms with Crippen LogP contribution in [-0.4, -0.2) is 35.1 Å². The predicted octanol–water partition coefficient (Wildman–Crippen LogP) is 3.40. The fourth-order valence-electron chi connectivity index (χ4n) is 2.51. The summed E-state index contributed by atoms with van der Waals surface area (Å²) in [7, 11) is 0. The van der Waals surface area contributed by atoms with Crippen LogP contribution in [0.3, 0.4) is 0 Å². The summed E-state index contributed by atoms with van der Waals surface area (Å²) in [5, 5.41) is 10.4. The summed E-state index contributed by atoms with van der Waals surface area (Å²) >= 11 is 0.685. The minimum atomic E-state index is -0.698. The molecule has 2 aromatic carbocycles. The molecule has 1 N–H and O–H groups in total. The van der Waals surface area contributed by atoms with Gasteiger partial charge in [0.25, 0.3) is 11.1 Å². The SMILES string of the molecule is N#CCOc1ccccc1/C=C1\SC(=O)N(CC(=O)Nc2ccccc2F)C1=O. The third kappa shape index (κ3) is 4.80. The first-order chi connectivity index (χ1) is 14.0. The maximum Gasteiger partial charge on any atom is 0.294 e. The van der Waals surface area contributed by atoms with Crippen LogP contribution in [0.5, 0.6) is 5.75 Å². The third-order valence-electron chi connectivity index (χ3n) is 3.82. The molecule has 1 heterocycles. The van der Waals surface area contributed by atoms with E-state index >= 15 is 0 Å². The number of nitrogens with one attached hydrogen (secondary N) is 1. The molecule has 7 nitrogen and oxygen atoms in total. The first-order valence-electron chi connectivity index (χ1n) is 8.38. The number of thioether (sulfide) groups is 1. The van der Waals surface area contributed by atoms with Crippen LogP contribution in [-0.2, 0) is 9.59 Å². The van der Waals surface area contributed by atoms with Gasteiger partial charge in [0.1, 0.15) is 24.2 Å². The third-order valence-corrected chi connectivity index (χ3v) is 4.73. The zero-order chi connectivity index (χ0) is 20.8. The van der Waals surface area contributed by atoms with Crippen LogP contribution >= 0.6 is 11.8 Å². The average molecular weight is 411 g/mol. The molecule has 3 rings (SSSR count). The van der Waals surface area contributed by atoms with E-state index in [-0.39, 0.29) is 17.2 Å². The highest BCUT2D eigenvalue weighted by Crippen LogP contribution is 2.33. The van der Waals surface area contributed by atoms with Gasteiger partial charge >= 0.3 is 0 Å². The van der Waals surface area contributed by atoms with Gasteiger partial charge in [0.2, 0.25) is 5.91 Å². The Kier molecular flexibility index (Phi) is 6.26. The van der Waals surface area contributed by atoms with Crippen molar-refractivity contribution in [2.24, 2.45) is 0 Å². The van der Waals surface area contributed by atoms with Gasteiger partial charge in [-0.05, 0) is 36.0 Å². The van der Waals surface area contributed by atoms with Gasteiger partial charge in [-0.1, -0.05) is 30.3 Å². The van der Waals surface area contributed by atoms with E-state index in [4.69, 9.17) is 10.00 Å². The number of amides is 3. The average Bonchev–Trinajstić information content (AvgIpc) is 2.96. The Morgan fingerprint density at radius 2 is 1.93 bits per heavy atom. The Hall–Kier alpha value is -3.64. The van der Waals surface area contributed by atoms with Gasteiger partial charge in [0, 0.05) is 5.56 Å². The standard InChI is InChI=1S/C20H14FN3O4S/c21-14-6-2-3-7-15(14)23-18(25)12-24-19(26)17(29-20(24)27)11-13-5-1-4-8-16(13)28-10-9-22/h1-8,11H,10,12H2,(H,23,25)/b17-11-. The number of halogens is 1. The molecule has 3 amide bonds. The molecule has 1 aliphatic heterocycles. The largest absolute Gasteiger partial charge is 0.478 e. The maximum absolute atomic E-state index is 13.6. The Labute approximate surface area is 169 Å².